The second-order valence-corrected chi connectivity index (χ2v) is 3.64. The molecule has 0 amide bonds. The minimum atomic E-state index is 0.670. The van der Waals surface area contributed by atoms with E-state index in [9.17, 15) is 0 Å². The van der Waals surface area contributed by atoms with Crippen molar-refractivity contribution in [2.75, 3.05) is 0 Å². The van der Waals surface area contributed by atoms with Crippen LogP contribution in [0.15, 0.2) is 18.6 Å². The van der Waals surface area contributed by atoms with E-state index in [-0.39, 0.29) is 0 Å². The van der Waals surface area contributed by atoms with Crippen molar-refractivity contribution in [2.24, 2.45) is 7.05 Å². The summed E-state index contributed by atoms with van der Waals surface area (Å²) in [5.74, 6) is 0.763. The van der Waals surface area contributed by atoms with Crippen LogP contribution in [0.3, 0.4) is 0 Å². The Hall–Kier alpha value is -2.24. The van der Waals surface area contributed by atoms with Gasteiger partial charge in [0.1, 0.15) is 17.5 Å². The molecule has 1 N–H and O–H groups in total. The normalized spacial score (nSPS) is 11.1. The van der Waals surface area contributed by atoms with Gasteiger partial charge in [-0.2, -0.15) is 5.10 Å². The van der Waals surface area contributed by atoms with E-state index in [0.29, 0.717) is 5.65 Å². The van der Waals surface area contributed by atoms with Crippen molar-refractivity contribution in [2.45, 2.75) is 6.92 Å². The van der Waals surface area contributed by atoms with Gasteiger partial charge >= 0.3 is 0 Å². The van der Waals surface area contributed by atoms with Crippen molar-refractivity contribution in [3.63, 3.8) is 0 Å². The maximum absolute atomic E-state index is 4.39. The van der Waals surface area contributed by atoms with Gasteiger partial charge in [0.05, 0.1) is 11.9 Å². The van der Waals surface area contributed by atoms with Gasteiger partial charge in [0.2, 0.25) is 0 Å². The summed E-state index contributed by atoms with van der Waals surface area (Å²) in [4.78, 5) is 15.6. The molecule has 0 saturated heterocycles. The number of aryl methyl sites for hydroxylation is 2. The highest BCUT2D eigenvalue weighted by molar-refractivity contribution is 5.73. The minimum Gasteiger partial charge on any atom is -0.334 e. The van der Waals surface area contributed by atoms with Crippen LogP contribution in [-0.2, 0) is 7.05 Å². The molecule has 3 rings (SSSR count). The fourth-order valence-corrected chi connectivity index (χ4v) is 1.72. The SMILES string of the molecule is Cc1cc(-c2nc3ncncc3[nH]2)n(C)n1. The van der Waals surface area contributed by atoms with Crippen molar-refractivity contribution in [1.82, 2.24) is 29.7 Å². The lowest BCUT2D eigenvalue weighted by molar-refractivity contribution is 0.760. The van der Waals surface area contributed by atoms with Gasteiger partial charge in [0, 0.05) is 7.05 Å². The second-order valence-electron chi connectivity index (χ2n) is 3.64. The molecule has 0 saturated carbocycles. The average molecular weight is 214 g/mol. The predicted molar refractivity (Wildman–Crippen MR) is 58.6 cm³/mol. The quantitative estimate of drug-likeness (QED) is 0.657. The van der Waals surface area contributed by atoms with Crippen molar-refractivity contribution >= 4 is 11.2 Å². The monoisotopic (exact) mass is 214 g/mol. The van der Waals surface area contributed by atoms with Gasteiger partial charge in [-0.05, 0) is 13.0 Å². The first kappa shape index (κ1) is 9.02. The van der Waals surface area contributed by atoms with Gasteiger partial charge in [-0.1, -0.05) is 0 Å². The summed E-state index contributed by atoms with van der Waals surface area (Å²) < 4.78 is 1.79. The van der Waals surface area contributed by atoms with E-state index in [1.807, 2.05) is 20.0 Å². The number of nitrogens with one attached hydrogen (secondary N) is 1. The summed E-state index contributed by atoms with van der Waals surface area (Å²) in [6, 6.07) is 1.98. The number of fused-ring (bicyclic) bond motifs is 1. The van der Waals surface area contributed by atoms with Crippen LogP contribution in [0.2, 0.25) is 0 Å². The number of imidazole rings is 1. The molecule has 0 radical (unpaired) electrons. The Labute approximate surface area is 91.4 Å². The Balaban J connectivity index is 2.22. The maximum atomic E-state index is 4.39. The van der Waals surface area contributed by atoms with Crippen LogP contribution in [0.5, 0.6) is 0 Å². The molecular formula is C10H10N6. The standard InChI is InChI=1S/C10H10N6/c1-6-3-8(16(2)15-6)10-13-7-4-11-5-12-9(7)14-10/h3-5H,1-2H3,(H,11,12,13,14). The molecule has 6 heteroatoms. The first-order chi connectivity index (χ1) is 7.74. The first-order valence-electron chi connectivity index (χ1n) is 4.91. The Morgan fingerprint density at radius 3 is 2.94 bits per heavy atom. The van der Waals surface area contributed by atoms with Gasteiger partial charge in [0.15, 0.2) is 11.5 Å². The van der Waals surface area contributed by atoms with Crippen LogP contribution in [0.25, 0.3) is 22.7 Å². The largest absolute Gasteiger partial charge is 0.334 e. The Bertz CT molecular complexity index is 617. The fraction of sp³-hybridized carbons (Fsp3) is 0.200. The molecule has 0 atom stereocenters. The number of H-pyrrole nitrogens is 1. The third kappa shape index (κ3) is 1.27. The van der Waals surface area contributed by atoms with E-state index in [1.165, 1.54) is 6.33 Å². The number of rotatable bonds is 1. The Morgan fingerprint density at radius 1 is 1.38 bits per heavy atom. The van der Waals surface area contributed by atoms with Crippen molar-refractivity contribution in [3.8, 4) is 11.5 Å². The smallest absolute Gasteiger partial charge is 0.181 e. The minimum absolute atomic E-state index is 0.670. The van der Waals surface area contributed by atoms with Gasteiger partial charge in [-0.3, -0.25) is 4.68 Å². The van der Waals surface area contributed by atoms with E-state index >= 15 is 0 Å². The van der Waals surface area contributed by atoms with Crippen LogP contribution in [0.1, 0.15) is 5.69 Å². The highest BCUT2D eigenvalue weighted by Gasteiger charge is 2.10. The summed E-state index contributed by atoms with van der Waals surface area (Å²) in [6.07, 6.45) is 3.20. The topological polar surface area (TPSA) is 72.3 Å². The van der Waals surface area contributed by atoms with Gasteiger partial charge in [0.25, 0.3) is 0 Å². The summed E-state index contributed by atoms with van der Waals surface area (Å²) in [7, 11) is 1.89. The van der Waals surface area contributed by atoms with Gasteiger partial charge in [-0.25, -0.2) is 15.0 Å². The number of aromatic amines is 1. The molecule has 3 aromatic heterocycles. The molecule has 0 aliphatic heterocycles. The third-order valence-corrected chi connectivity index (χ3v) is 2.41. The molecular weight excluding hydrogens is 204 g/mol. The molecule has 80 valence electrons. The maximum Gasteiger partial charge on any atom is 0.181 e. The zero-order valence-corrected chi connectivity index (χ0v) is 8.97. The zero-order chi connectivity index (χ0) is 11.1. The average Bonchev–Trinajstić information content (AvgIpc) is 2.81. The number of nitrogens with zero attached hydrogens (tertiary/aromatic N) is 5. The number of hydrogen-bond donors (Lipinski definition) is 1. The molecule has 0 aliphatic rings. The Morgan fingerprint density at radius 2 is 2.25 bits per heavy atom. The van der Waals surface area contributed by atoms with Crippen LogP contribution in [0, 0.1) is 6.92 Å². The van der Waals surface area contributed by atoms with Crippen molar-refractivity contribution in [1.29, 1.82) is 0 Å². The highest BCUT2D eigenvalue weighted by Crippen LogP contribution is 2.18. The van der Waals surface area contributed by atoms with E-state index in [0.717, 1.165) is 22.7 Å². The second kappa shape index (κ2) is 3.13. The van der Waals surface area contributed by atoms with E-state index in [1.54, 1.807) is 10.9 Å². The zero-order valence-electron chi connectivity index (χ0n) is 8.97. The molecule has 0 spiro atoms. The lowest BCUT2D eigenvalue weighted by atomic mass is 10.3. The van der Waals surface area contributed by atoms with Crippen LogP contribution < -0.4 is 0 Å². The summed E-state index contributed by atoms with van der Waals surface area (Å²) >= 11 is 0. The third-order valence-electron chi connectivity index (χ3n) is 2.41. The van der Waals surface area contributed by atoms with E-state index in [4.69, 9.17) is 0 Å². The molecule has 3 aromatic rings. The summed E-state index contributed by atoms with van der Waals surface area (Å²) in [6.45, 7) is 1.95. The molecule has 0 aliphatic carbocycles. The predicted octanol–water partition coefficient (Wildman–Crippen LogP) is 1.06. The van der Waals surface area contributed by atoms with E-state index < -0.39 is 0 Å². The Kier molecular flexibility index (Phi) is 1.76. The molecule has 0 aromatic carbocycles. The molecule has 0 unspecified atom stereocenters. The van der Waals surface area contributed by atoms with Crippen LogP contribution in [-0.4, -0.2) is 29.7 Å². The molecule has 0 fully saturated rings. The summed E-state index contributed by atoms with van der Waals surface area (Å²) in [5.41, 5.74) is 3.40. The highest BCUT2D eigenvalue weighted by atomic mass is 15.3. The van der Waals surface area contributed by atoms with Gasteiger partial charge in [-0.15, -0.1) is 0 Å². The fourth-order valence-electron chi connectivity index (χ4n) is 1.72. The van der Waals surface area contributed by atoms with E-state index in [2.05, 4.69) is 25.0 Å². The summed E-state index contributed by atoms with van der Waals surface area (Å²) in [5, 5.41) is 4.28. The van der Waals surface area contributed by atoms with Gasteiger partial charge < -0.3 is 4.98 Å². The lowest BCUT2D eigenvalue weighted by Gasteiger charge is -1.94. The van der Waals surface area contributed by atoms with Crippen molar-refractivity contribution < 1.29 is 0 Å². The lowest BCUT2D eigenvalue weighted by Crippen LogP contribution is -1.94. The molecule has 6 nitrogen and oxygen atoms in total. The first-order valence-corrected chi connectivity index (χ1v) is 4.91. The number of aromatic nitrogens is 6. The molecule has 0 bridgehead atoms. The van der Waals surface area contributed by atoms with Crippen LogP contribution >= 0.6 is 0 Å². The van der Waals surface area contributed by atoms with Crippen LogP contribution in [0.4, 0.5) is 0 Å². The molecule has 16 heavy (non-hydrogen) atoms. The van der Waals surface area contributed by atoms with Crippen molar-refractivity contribution in [3.05, 3.63) is 24.3 Å². The number of hydrogen-bond acceptors (Lipinski definition) is 4. The molecule has 3 heterocycles.